The number of carbonyl (C=O) groups is 1. The zero-order chi connectivity index (χ0) is 27.6. The second-order valence-corrected chi connectivity index (χ2v) is 10.0. The van der Waals surface area contributed by atoms with Crippen LogP contribution in [0.2, 0.25) is 0 Å². The number of hydrogen-bond donors (Lipinski definition) is 1. The zero-order valence-corrected chi connectivity index (χ0v) is 21.5. The van der Waals surface area contributed by atoms with Gasteiger partial charge in [0.05, 0.1) is 42.6 Å². The Morgan fingerprint density at radius 2 is 1.89 bits per heavy atom. The van der Waals surface area contributed by atoms with Gasteiger partial charge < -0.3 is 24.3 Å². The van der Waals surface area contributed by atoms with Gasteiger partial charge in [-0.1, -0.05) is 30.3 Å². The lowest BCUT2D eigenvalue weighted by Gasteiger charge is -2.43. The Bertz CT molecular complexity index is 1200. The van der Waals surface area contributed by atoms with Crippen molar-refractivity contribution in [3.63, 3.8) is 0 Å². The molecular weight excluding hydrogens is 501 g/mol. The summed E-state index contributed by atoms with van der Waals surface area (Å²) < 4.78 is 64.3. The van der Waals surface area contributed by atoms with E-state index in [0.29, 0.717) is 23.2 Å². The predicted octanol–water partition coefficient (Wildman–Crippen LogP) is 4.87. The number of ether oxygens (including phenoxy) is 4. The van der Waals surface area contributed by atoms with Crippen molar-refractivity contribution in [3.8, 4) is 6.07 Å². The molecule has 4 rings (SSSR count). The number of likely N-dealkylation sites (N-methyl/N-ethyl adjacent to an activating group) is 1. The van der Waals surface area contributed by atoms with Gasteiger partial charge in [-0.2, -0.15) is 18.4 Å². The maximum Gasteiger partial charge on any atom is 0.416 e. The van der Waals surface area contributed by atoms with Crippen LogP contribution in [0.4, 0.5) is 13.2 Å². The van der Waals surface area contributed by atoms with E-state index < -0.39 is 41.4 Å². The van der Waals surface area contributed by atoms with E-state index in [9.17, 15) is 23.2 Å². The molecule has 7 nitrogen and oxygen atoms in total. The molecule has 204 valence electrons. The third kappa shape index (κ3) is 6.18. The Balaban J connectivity index is 1.61. The molecule has 0 bridgehead atoms. The Hall–Kier alpha value is -2.97. The van der Waals surface area contributed by atoms with Gasteiger partial charge in [0.15, 0.2) is 11.4 Å². The van der Waals surface area contributed by atoms with E-state index >= 15 is 0 Å². The van der Waals surface area contributed by atoms with Gasteiger partial charge in [0, 0.05) is 19.4 Å². The summed E-state index contributed by atoms with van der Waals surface area (Å²) in [5.74, 6) is -1.30. The summed E-state index contributed by atoms with van der Waals surface area (Å²) in [5, 5.41) is 12.3. The van der Waals surface area contributed by atoms with Gasteiger partial charge in [-0.3, -0.25) is 4.79 Å². The van der Waals surface area contributed by atoms with Crippen LogP contribution in [-0.2, 0) is 43.1 Å². The molecule has 10 heteroatoms. The van der Waals surface area contributed by atoms with Gasteiger partial charge in [0.2, 0.25) is 0 Å². The molecule has 1 saturated carbocycles. The van der Waals surface area contributed by atoms with Crippen molar-refractivity contribution >= 4 is 5.91 Å². The second kappa shape index (κ2) is 11.0. The molecule has 38 heavy (non-hydrogen) atoms. The van der Waals surface area contributed by atoms with Crippen LogP contribution in [0.5, 0.6) is 0 Å². The van der Waals surface area contributed by atoms with Crippen LogP contribution in [0.15, 0.2) is 48.5 Å². The number of nitrogens with zero attached hydrogens (tertiary/aromatic N) is 1. The number of fused-ring (bicyclic) bond motifs is 1. The minimum absolute atomic E-state index is 0.00283. The summed E-state index contributed by atoms with van der Waals surface area (Å²) in [6.07, 6.45) is -6.01. The first-order chi connectivity index (χ1) is 18.0. The third-order valence-corrected chi connectivity index (χ3v) is 6.76. The molecule has 2 aromatic rings. The van der Waals surface area contributed by atoms with E-state index in [0.717, 1.165) is 12.1 Å². The fourth-order valence-corrected chi connectivity index (χ4v) is 5.04. The minimum Gasteiger partial charge on any atom is -0.371 e. The molecule has 1 heterocycles. The third-order valence-electron chi connectivity index (χ3n) is 6.76. The predicted molar refractivity (Wildman–Crippen MR) is 130 cm³/mol. The Kier molecular flexibility index (Phi) is 8.14. The van der Waals surface area contributed by atoms with Crippen LogP contribution in [0.25, 0.3) is 0 Å². The number of carbonyl (C=O) groups excluding carboxylic acids is 1. The zero-order valence-electron chi connectivity index (χ0n) is 21.5. The number of amides is 1. The van der Waals surface area contributed by atoms with E-state index in [1.807, 2.05) is 0 Å². The smallest absolute Gasteiger partial charge is 0.371 e. The number of hydrogen-bond acceptors (Lipinski definition) is 6. The molecule has 2 aromatic carbocycles. The SMILES string of the molecule is CCNC(=O)[C@@]1(OCc2ccccc2C#N)C[C@H](OCc2cccc(C(F)(F)F)c2)[C@@H]2OC(C)(C)O[C@@H]2C1. The molecule has 1 N–H and O–H groups in total. The van der Waals surface area contributed by atoms with E-state index in [1.165, 1.54) is 6.07 Å². The van der Waals surface area contributed by atoms with Gasteiger partial charge >= 0.3 is 6.18 Å². The largest absolute Gasteiger partial charge is 0.416 e. The highest BCUT2D eigenvalue weighted by Gasteiger charge is 2.58. The van der Waals surface area contributed by atoms with Crippen molar-refractivity contribution < 1.29 is 36.9 Å². The molecule has 1 saturated heterocycles. The monoisotopic (exact) mass is 532 g/mol. The van der Waals surface area contributed by atoms with E-state index in [1.54, 1.807) is 51.1 Å². The van der Waals surface area contributed by atoms with Crippen LogP contribution in [0, 0.1) is 11.3 Å². The lowest BCUT2D eigenvalue weighted by molar-refractivity contribution is -0.183. The van der Waals surface area contributed by atoms with Crippen LogP contribution < -0.4 is 5.32 Å². The summed E-state index contributed by atoms with van der Waals surface area (Å²) in [5.41, 5.74) is -0.732. The number of alkyl halides is 3. The highest BCUT2D eigenvalue weighted by molar-refractivity contribution is 5.85. The average Bonchev–Trinajstić information content (AvgIpc) is 3.19. The van der Waals surface area contributed by atoms with Gasteiger partial charge in [-0.15, -0.1) is 0 Å². The fraction of sp³-hybridized carbons (Fsp3) is 0.500. The van der Waals surface area contributed by atoms with Crippen molar-refractivity contribution in [1.82, 2.24) is 5.32 Å². The summed E-state index contributed by atoms with van der Waals surface area (Å²) in [7, 11) is 0. The van der Waals surface area contributed by atoms with Gasteiger partial charge in [-0.25, -0.2) is 0 Å². The maximum absolute atomic E-state index is 13.4. The normalized spacial score (nSPS) is 26.4. The summed E-state index contributed by atoms with van der Waals surface area (Å²) in [4.78, 5) is 13.4. The molecule has 4 atom stereocenters. The fourth-order valence-electron chi connectivity index (χ4n) is 5.04. The standard InChI is InChI=1S/C28H31F3N2O5/c1-4-33-25(34)27(36-17-20-10-6-5-9-19(20)15-32)13-22(24-23(14-27)37-26(2,3)38-24)35-16-18-8-7-11-21(12-18)28(29,30)31/h5-12,22-24H,4,13-14,16-17H2,1-3H3,(H,33,34)/t22-,23+,24-,27+/m0/s1. The first-order valence-electron chi connectivity index (χ1n) is 12.5. The lowest BCUT2D eigenvalue weighted by atomic mass is 9.78. The molecule has 0 radical (unpaired) electrons. The molecule has 1 amide bonds. The van der Waals surface area contributed by atoms with Crippen molar-refractivity contribution in [2.75, 3.05) is 6.54 Å². The topological polar surface area (TPSA) is 89.8 Å². The van der Waals surface area contributed by atoms with Crippen LogP contribution in [0.1, 0.15) is 55.9 Å². The van der Waals surface area contributed by atoms with Crippen LogP contribution in [0.3, 0.4) is 0 Å². The molecule has 0 unspecified atom stereocenters. The summed E-state index contributed by atoms with van der Waals surface area (Å²) >= 11 is 0. The molecule has 1 aliphatic carbocycles. The molecular formula is C28H31F3N2O5. The Morgan fingerprint density at radius 1 is 1.13 bits per heavy atom. The van der Waals surface area contributed by atoms with Crippen molar-refractivity contribution in [3.05, 3.63) is 70.8 Å². The van der Waals surface area contributed by atoms with Crippen molar-refractivity contribution in [2.45, 2.75) is 82.7 Å². The van der Waals surface area contributed by atoms with Gasteiger partial charge in [0.25, 0.3) is 5.91 Å². The molecule has 1 aliphatic heterocycles. The molecule has 0 spiro atoms. The van der Waals surface area contributed by atoms with E-state index in [2.05, 4.69) is 11.4 Å². The van der Waals surface area contributed by atoms with Gasteiger partial charge in [0.1, 0.15) is 6.10 Å². The molecule has 2 fully saturated rings. The number of nitrogens with one attached hydrogen (secondary N) is 1. The summed E-state index contributed by atoms with van der Waals surface area (Å²) in [6.45, 7) is 5.56. The van der Waals surface area contributed by atoms with Crippen LogP contribution >= 0.6 is 0 Å². The lowest BCUT2D eigenvalue weighted by Crippen LogP contribution is -2.60. The first-order valence-corrected chi connectivity index (χ1v) is 12.5. The quantitative estimate of drug-likeness (QED) is 0.522. The second-order valence-electron chi connectivity index (χ2n) is 10.0. The Labute approximate surface area is 219 Å². The highest BCUT2D eigenvalue weighted by atomic mass is 19.4. The molecule has 0 aromatic heterocycles. The summed E-state index contributed by atoms with van der Waals surface area (Å²) in [6, 6.07) is 14.0. The van der Waals surface area contributed by atoms with Crippen molar-refractivity contribution in [2.24, 2.45) is 0 Å². The Morgan fingerprint density at radius 3 is 2.61 bits per heavy atom. The van der Waals surface area contributed by atoms with Crippen LogP contribution in [-0.4, -0.2) is 42.2 Å². The van der Waals surface area contributed by atoms with E-state index in [-0.39, 0.29) is 32.0 Å². The maximum atomic E-state index is 13.4. The first kappa shape index (κ1) is 28.0. The highest BCUT2D eigenvalue weighted by Crippen LogP contribution is 2.44. The average molecular weight is 533 g/mol. The number of halogens is 3. The number of nitriles is 1. The van der Waals surface area contributed by atoms with Gasteiger partial charge in [-0.05, 0) is 50.1 Å². The minimum atomic E-state index is -4.47. The molecule has 2 aliphatic rings. The number of rotatable bonds is 8. The van der Waals surface area contributed by atoms with Crippen molar-refractivity contribution in [1.29, 1.82) is 5.26 Å². The number of benzene rings is 2. The van der Waals surface area contributed by atoms with E-state index in [4.69, 9.17) is 18.9 Å².